The lowest BCUT2D eigenvalue weighted by molar-refractivity contribution is -0.0603. The molecule has 2 nitrogen and oxygen atoms in total. The fourth-order valence-electron chi connectivity index (χ4n) is 8.35. The summed E-state index contributed by atoms with van der Waals surface area (Å²) in [6.07, 6.45) is 7.83. The van der Waals surface area contributed by atoms with Gasteiger partial charge in [0.1, 0.15) is 5.75 Å². The maximum absolute atomic E-state index is 10.1. The molecule has 7 atom stereocenters. The van der Waals surface area contributed by atoms with E-state index in [1.165, 1.54) is 44.1 Å². The number of fused-ring (bicyclic) bond motifs is 3. The normalized spacial score (nSPS) is 46.6. The average Bonchev–Trinajstić information content (AvgIpc) is 3.27. The van der Waals surface area contributed by atoms with Gasteiger partial charge < -0.3 is 9.84 Å². The van der Waals surface area contributed by atoms with Crippen LogP contribution in [0, 0.1) is 34.5 Å². The van der Waals surface area contributed by atoms with Crippen LogP contribution in [0.5, 0.6) is 5.75 Å². The van der Waals surface area contributed by atoms with Gasteiger partial charge in [0.2, 0.25) is 0 Å². The lowest BCUT2D eigenvalue weighted by Crippen LogP contribution is -2.50. The molecule has 0 heterocycles. The molecule has 1 spiro atoms. The van der Waals surface area contributed by atoms with Crippen LogP contribution in [0.4, 0.5) is 0 Å². The summed E-state index contributed by atoms with van der Waals surface area (Å²) in [6.45, 7) is 5.31. The third-order valence-electron chi connectivity index (χ3n) is 9.12. The first-order valence-corrected chi connectivity index (χ1v) is 10.4. The molecule has 1 aromatic carbocycles. The summed E-state index contributed by atoms with van der Waals surface area (Å²) in [6, 6.07) is 6.82. The zero-order valence-corrected chi connectivity index (χ0v) is 15.9. The second-order valence-corrected chi connectivity index (χ2v) is 9.48. The van der Waals surface area contributed by atoms with Crippen molar-refractivity contribution < 1.29 is 9.84 Å². The standard InChI is InChI=1S/C23H32O2/c1-4-22-8-7-20-19-6-5-18(25-3)10-15(19)9-14(2)21(20)23(22)12-16(23)11-17(22)13-24/h5-6,10,14,16-17,20-21,24H,4,7-9,11-13H2,1-3H3/t14-,16-,17+,20-,21-,22?,23-/m1/s1. The molecule has 25 heavy (non-hydrogen) atoms. The fourth-order valence-corrected chi connectivity index (χ4v) is 8.35. The van der Waals surface area contributed by atoms with Crippen molar-refractivity contribution in [2.45, 2.75) is 58.3 Å². The third kappa shape index (κ3) is 1.80. The Hall–Kier alpha value is -1.02. The zero-order chi connectivity index (χ0) is 17.4. The number of methoxy groups -OCH3 is 1. The van der Waals surface area contributed by atoms with Gasteiger partial charge >= 0.3 is 0 Å². The summed E-state index contributed by atoms with van der Waals surface area (Å²) in [5.74, 6) is 4.75. The summed E-state index contributed by atoms with van der Waals surface area (Å²) in [5, 5.41) is 10.1. The maximum Gasteiger partial charge on any atom is 0.119 e. The van der Waals surface area contributed by atoms with Gasteiger partial charge in [-0.25, -0.2) is 0 Å². The molecule has 2 heteroatoms. The summed E-state index contributed by atoms with van der Waals surface area (Å²) in [4.78, 5) is 0. The predicted octanol–water partition coefficient (Wildman–Crippen LogP) is 4.80. The Morgan fingerprint density at radius 2 is 2.16 bits per heavy atom. The van der Waals surface area contributed by atoms with Gasteiger partial charge in [-0.1, -0.05) is 19.9 Å². The van der Waals surface area contributed by atoms with E-state index in [1.807, 2.05) is 0 Å². The van der Waals surface area contributed by atoms with Crippen molar-refractivity contribution in [1.29, 1.82) is 0 Å². The zero-order valence-electron chi connectivity index (χ0n) is 15.9. The fraction of sp³-hybridized carbons (Fsp3) is 0.739. The number of aliphatic hydroxyl groups is 1. The highest BCUT2D eigenvalue weighted by atomic mass is 16.5. The molecule has 1 unspecified atom stereocenters. The van der Waals surface area contributed by atoms with E-state index in [4.69, 9.17) is 4.74 Å². The van der Waals surface area contributed by atoms with Crippen LogP contribution in [-0.4, -0.2) is 18.8 Å². The van der Waals surface area contributed by atoms with E-state index in [2.05, 4.69) is 32.0 Å². The Morgan fingerprint density at radius 3 is 2.88 bits per heavy atom. The van der Waals surface area contributed by atoms with Crippen molar-refractivity contribution in [3.63, 3.8) is 0 Å². The van der Waals surface area contributed by atoms with Gasteiger partial charge in [-0.3, -0.25) is 0 Å². The van der Waals surface area contributed by atoms with E-state index in [9.17, 15) is 5.11 Å². The molecule has 136 valence electrons. The van der Waals surface area contributed by atoms with Gasteiger partial charge in [0, 0.05) is 6.61 Å². The lowest BCUT2D eigenvalue weighted by atomic mass is 9.47. The highest BCUT2D eigenvalue weighted by molar-refractivity contribution is 5.43. The maximum atomic E-state index is 10.1. The Balaban J connectivity index is 1.59. The van der Waals surface area contributed by atoms with Gasteiger partial charge in [0.25, 0.3) is 0 Å². The highest BCUT2D eigenvalue weighted by Crippen LogP contribution is 2.84. The van der Waals surface area contributed by atoms with Gasteiger partial charge in [-0.05, 0) is 102 Å². The first-order chi connectivity index (χ1) is 12.1. The van der Waals surface area contributed by atoms with E-state index >= 15 is 0 Å². The molecule has 3 fully saturated rings. The number of rotatable bonds is 3. The molecule has 0 bridgehead atoms. The topological polar surface area (TPSA) is 29.5 Å². The first-order valence-electron chi connectivity index (χ1n) is 10.4. The Kier molecular flexibility index (Phi) is 3.40. The van der Waals surface area contributed by atoms with Crippen LogP contribution < -0.4 is 4.74 Å². The van der Waals surface area contributed by atoms with Crippen molar-refractivity contribution in [2.75, 3.05) is 13.7 Å². The molecule has 4 aliphatic carbocycles. The second kappa shape index (κ2) is 5.25. The van der Waals surface area contributed by atoms with Crippen molar-refractivity contribution in [2.24, 2.45) is 34.5 Å². The van der Waals surface area contributed by atoms with Crippen LogP contribution in [0.3, 0.4) is 0 Å². The molecule has 0 radical (unpaired) electrons. The van der Waals surface area contributed by atoms with E-state index < -0.39 is 0 Å². The van der Waals surface area contributed by atoms with Gasteiger partial charge in [-0.15, -0.1) is 0 Å². The summed E-state index contributed by atoms with van der Waals surface area (Å²) >= 11 is 0. The summed E-state index contributed by atoms with van der Waals surface area (Å²) in [7, 11) is 1.77. The van der Waals surface area contributed by atoms with Crippen molar-refractivity contribution >= 4 is 0 Å². The number of ether oxygens (including phenoxy) is 1. The van der Waals surface area contributed by atoms with Crippen LogP contribution >= 0.6 is 0 Å². The van der Waals surface area contributed by atoms with E-state index in [0.717, 1.165) is 29.4 Å². The molecule has 3 saturated carbocycles. The number of hydrogen-bond donors (Lipinski definition) is 1. The molecule has 0 saturated heterocycles. The van der Waals surface area contributed by atoms with E-state index in [1.54, 1.807) is 12.7 Å². The van der Waals surface area contributed by atoms with Crippen LogP contribution in [0.15, 0.2) is 18.2 Å². The Labute approximate surface area is 152 Å². The highest BCUT2D eigenvalue weighted by Gasteiger charge is 2.77. The third-order valence-corrected chi connectivity index (χ3v) is 9.12. The van der Waals surface area contributed by atoms with Crippen molar-refractivity contribution in [3.8, 4) is 5.75 Å². The Morgan fingerprint density at radius 1 is 1.32 bits per heavy atom. The summed E-state index contributed by atoms with van der Waals surface area (Å²) < 4.78 is 5.48. The minimum absolute atomic E-state index is 0.408. The molecule has 0 amide bonds. The van der Waals surface area contributed by atoms with Crippen LogP contribution in [0.2, 0.25) is 0 Å². The van der Waals surface area contributed by atoms with Crippen molar-refractivity contribution in [1.82, 2.24) is 0 Å². The van der Waals surface area contributed by atoms with E-state index in [0.29, 0.717) is 23.4 Å². The largest absolute Gasteiger partial charge is 0.497 e. The minimum atomic E-state index is 0.408. The SMILES string of the molecule is CCC12CC[C@@H]3c4ccc(OC)cc4C[C@@H](C)[C@H]3[C@]13C[C@H]3C[C@H]2CO. The van der Waals surface area contributed by atoms with Crippen LogP contribution in [-0.2, 0) is 6.42 Å². The molecule has 1 N–H and O–H groups in total. The predicted molar refractivity (Wildman–Crippen MR) is 99.8 cm³/mol. The molecule has 4 aliphatic rings. The molecule has 0 aromatic heterocycles. The molecule has 5 rings (SSSR count). The van der Waals surface area contributed by atoms with E-state index in [-0.39, 0.29) is 0 Å². The molecular formula is C23H32O2. The first kappa shape index (κ1) is 16.2. The Bertz CT molecular complexity index is 697. The van der Waals surface area contributed by atoms with Gasteiger partial charge in [0.15, 0.2) is 0 Å². The summed E-state index contributed by atoms with van der Waals surface area (Å²) in [5.41, 5.74) is 4.10. The molecule has 1 aromatic rings. The van der Waals surface area contributed by atoms with Gasteiger partial charge in [0.05, 0.1) is 7.11 Å². The number of hydrogen-bond acceptors (Lipinski definition) is 2. The average molecular weight is 341 g/mol. The quantitative estimate of drug-likeness (QED) is 0.857. The second-order valence-electron chi connectivity index (χ2n) is 9.48. The monoisotopic (exact) mass is 340 g/mol. The minimum Gasteiger partial charge on any atom is -0.497 e. The smallest absolute Gasteiger partial charge is 0.119 e. The number of aliphatic hydroxyl groups excluding tert-OH is 1. The molecular weight excluding hydrogens is 308 g/mol. The lowest BCUT2D eigenvalue weighted by Gasteiger charge is -2.57. The van der Waals surface area contributed by atoms with Crippen LogP contribution in [0.1, 0.15) is 63.0 Å². The van der Waals surface area contributed by atoms with Crippen LogP contribution in [0.25, 0.3) is 0 Å². The molecule has 0 aliphatic heterocycles. The number of benzene rings is 1. The van der Waals surface area contributed by atoms with Gasteiger partial charge in [-0.2, -0.15) is 0 Å². The van der Waals surface area contributed by atoms with Crippen molar-refractivity contribution in [3.05, 3.63) is 29.3 Å².